The SMILES string of the molecule is CC(Oc1ccc(C(C)C)cc1)C(=O)NCCNC(=O)c1ccc(Cl)cc1Cl. The molecule has 5 nitrogen and oxygen atoms in total. The molecule has 7 heteroatoms. The van der Waals surface area contributed by atoms with E-state index in [1.165, 1.54) is 11.6 Å². The zero-order valence-corrected chi connectivity index (χ0v) is 17.6. The Balaban J connectivity index is 1.74. The van der Waals surface area contributed by atoms with E-state index in [1.807, 2.05) is 24.3 Å². The van der Waals surface area contributed by atoms with Gasteiger partial charge in [0.05, 0.1) is 10.6 Å². The molecule has 150 valence electrons. The molecule has 1 unspecified atom stereocenters. The van der Waals surface area contributed by atoms with Crippen molar-refractivity contribution in [3.8, 4) is 5.75 Å². The van der Waals surface area contributed by atoms with E-state index in [1.54, 1.807) is 19.1 Å². The summed E-state index contributed by atoms with van der Waals surface area (Å²) >= 11 is 11.8. The molecule has 2 rings (SSSR count). The Morgan fingerprint density at radius 1 is 0.964 bits per heavy atom. The van der Waals surface area contributed by atoms with Crippen LogP contribution in [0.2, 0.25) is 10.0 Å². The van der Waals surface area contributed by atoms with E-state index in [2.05, 4.69) is 24.5 Å². The van der Waals surface area contributed by atoms with Crippen molar-refractivity contribution in [3.63, 3.8) is 0 Å². The number of amides is 2. The average molecular weight is 423 g/mol. The maximum absolute atomic E-state index is 12.1. The average Bonchev–Trinajstić information content (AvgIpc) is 2.65. The highest BCUT2D eigenvalue weighted by molar-refractivity contribution is 6.36. The molecule has 0 bridgehead atoms. The van der Waals surface area contributed by atoms with Crippen molar-refractivity contribution in [2.24, 2.45) is 0 Å². The Kier molecular flexibility index (Phi) is 8.15. The summed E-state index contributed by atoms with van der Waals surface area (Å²) in [4.78, 5) is 24.2. The summed E-state index contributed by atoms with van der Waals surface area (Å²) in [6, 6.07) is 12.3. The van der Waals surface area contributed by atoms with Crippen LogP contribution < -0.4 is 15.4 Å². The molecule has 2 aromatic carbocycles. The topological polar surface area (TPSA) is 67.4 Å². The predicted molar refractivity (Wildman–Crippen MR) is 112 cm³/mol. The first-order valence-electron chi connectivity index (χ1n) is 9.05. The number of hydrogen-bond acceptors (Lipinski definition) is 3. The minimum absolute atomic E-state index is 0.258. The van der Waals surface area contributed by atoms with Gasteiger partial charge in [-0.2, -0.15) is 0 Å². The second kappa shape index (κ2) is 10.3. The van der Waals surface area contributed by atoms with Crippen LogP contribution in [-0.2, 0) is 4.79 Å². The van der Waals surface area contributed by atoms with E-state index in [4.69, 9.17) is 27.9 Å². The number of nitrogens with one attached hydrogen (secondary N) is 2. The van der Waals surface area contributed by atoms with Gasteiger partial charge >= 0.3 is 0 Å². The molecular weight excluding hydrogens is 399 g/mol. The fraction of sp³-hybridized carbons (Fsp3) is 0.333. The smallest absolute Gasteiger partial charge is 0.260 e. The third kappa shape index (κ3) is 6.43. The van der Waals surface area contributed by atoms with E-state index in [0.717, 1.165) is 0 Å². The van der Waals surface area contributed by atoms with Gasteiger partial charge in [-0.3, -0.25) is 9.59 Å². The summed E-state index contributed by atoms with van der Waals surface area (Å²) in [7, 11) is 0. The third-order valence-corrected chi connectivity index (χ3v) is 4.66. The molecule has 2 amide bonds. The highest BCUT2D eigenvalue weighted by Gasteiger charge is 2.15. The molecule has 0 aliphatic carbocycles. The lowest BCUT2D eigenvalue weighted by Crippen LogP contribution is -2.40. The van der Waals surface area contributed by atoms with Gasteiger partial charge in [0.1, 0.15) is 5.75 Å². The summed E-state index contributed by atoms with van der Waals surface area (Å²) in [6.07, 6.45) is -0.647. The van der Waals surface area contributed by atoms with Crippen LogP contribution >= 0.6 is 23.2 Å². The first-order valence-corrected chi connectivity index (χ1v) is 9.81. The van der Waals surface area contributed by atoms with Crippen LogP contribution in [-0.4, -0.2) is 31.0 Å². The van der Waals surface area contributed by atoms with Gasteiger partial charge in [-0.1, -0.05) is 49.2 Å². The Morgan fingerprint density at radius 3 is 2.21 bits per heavy atom. The second-order valence-corrected chi connectivity index (χ2v) is 7.50. The molecule has 0 saturated heterocycles. The van der Waals surface area contributed by atoms with Crippen LogP contribution in [0.3, 0.4) is 0 Å². The molecule has 0 fully saturated rings. The Hall–Kier alpha value is -2.24. The number of carbonyl (C=O) groups is 2. The molecule has 28 heavy (non-hydrogen) atoms. The molecule has 0 spiro atoms. The number of hydrogen-bond donors (Lipinski definition) is 2. The van der Waals surface area contributed by atoms with Gasteiger partial charge in [-0.15, -0.1) is 0 Å². The summed E-state index contributed by atoms with van der Waals surface area (Å²) in [5, 5.41) is 6.17. The van der Waals surface area contributed by atoms with Crippen molar-refractivity contribution < 1.29 is 14.3 Å². The molecule has 0 heterocycles. The Labute approximate surface area is 175 Å². The molecule has 1 atom stereocenters. The minimum Gasteiger partial charge on any atom is -0.481 e. The highest BCUT2D eigenvalue weighted by atomic mass is 35.5. The second-order valence-electron chi connectivity index (χ2n) is 6.65. The van der Waals surface area contributed by atoms with Crippen LogP contribution in [0.15, 0.2) is 42.5 Å². The molecule has 0 saturated carbocycles. The molecule has 0 aromatic heterocycles. The van der Waals surface area contributed by atoms with Gasteiger partial charge in [-0.05, 0) is 48.7 Å². The van der Waals surface area contributed by atoms with Crippen molar-refractivity contribution in [2.75, 3.05) is 13.1 Å². The Morgan fingerprint density at radius 2 is 1.61 bits per heavy atom. The molecule has 0 radical (unpaired) electrons. The standard InChI is InChI=1S/C21H24Cl2N2O3/c1-13(2)15-4-7-17(8-5-15)28-14(3)20(26)24-10-11-25-21(27)18-9-6-16(22)12-19(18)23/h4-9,12-14H,10-11H2,1-3H3,(H,24,26)(H,25,27). The maximum atomic E-state index is 12.1. The molecule has 2 N–H and O–H groups in total. The summed E-state index contributed by atoms with van der Waals surface area (Å²) in [5.41, 5.74) is 1.54. The number of benzene rings is 2. The van der Waals surface area contributed by atoms with Gasteiger partial charge in [-0.25, -0.2) is 0 Å². The molecule has 2 aromatic rings. The lowest BCUT2D eigenvalue weighted by atomic mass is 10.0. The first-order chi connectivity index (χ1) is 13.3. The van der Waals surface area contributed by atoms with E-state index >= 15 is 0 Å². The summed E-state index contributed by atoms with van der Waals surface area (Å²) in [6.45, 7) is 6.45. The van der Waals surface area contributed by atoms with Crippen LogP contribution in [0, 0.1) is 0 Å². The van der Waals surface area contributed by atoms with Crippen molar-refractivity contribution in [3.05, 3.63) is 63.6 Å². The van der Waals surface area contributed by atoms with Crippen LogP contribution in [0.5, 0.6) is 5.75 Å². The monoisotopic (exact) mass is 422 g/mol. The van der Waals surface area contributed by atoms with E-state index in [-0.39, 0.29) is 29.9 Å². The summed E-state index contributed by atoms with van der Waals surface area (Å²) < 4.78 is 5.66. The van der Waals surface area contributed by atoms with Crippen LogP contribution in [0.4, 0.5) is 0 Å². The molecular formula is C21H24Cl2N2O3. The van der Waals surface area contributed by atoms with E-state index in [0.29, 0.717) is 22.3 Å². The molecule has 0 aliphatic heterocycles. The normalized spacial score (nSPS) is 11.8. The fourth-order valence-corrected chi connectivity index (χ4v) is 2.96. The number of rotatable bonds is 8. The van der Waals surface area contributed by atoms with Gasteiger partial charge in [0.2, 0.25) is 0 Å². The number of ether oxygens (including phenoxy) is 1. The van der Waals surface area contributed by atoms with E-state index < -0.39 is 6.10 Å². The largest absolute Gasteiger partial charge is 0.481 e. The van der Waals surface area contributed by atoms with Crippen molar-refractivity contribution >= 4 is 35.0 Å². The number of carbonyl (C=O) groups excluding carboxylic acids is 2. The zero-order valence-electron chi connectivity index (χ0n) is 16.1. The first kappa shape index (κ1) is 22.1. The zero-order chi connectivity index (χ0) is 20.7. The number of halogens is 2. The maximum Gasteiger partial charge on any atom is 0.260 e. The van der Waals surface area contributed by atoms with Crippen LogP contribution in [0.1, 0.15) is 42.6 Å². The predicted octanol–water partition coefficient (Wildman–Crippen LogP) is 4.43. The summed E-state index contributed by atoms with van der Waals surface area (Å²) in [5.74, 6) is 0.489. The fourth-order valence-electron chi connectivity index (χ4n) is 2.46. The van der Waals surface area contributed by atoms with Crippen molar-refractivity contribution in [1.29, 1.82) is 0 Å². The van der Waals surface area contributed by atoms with E-state index in [9.17, 15) is 9.59 Å². The molecule has 0 aliphatic rings. The van der Waals surface area contributed by atoms with Gasteiger partial charge in [0, 0.05) is 18.1 Å². The van der Waals surface area contributed by atoms with Crippen molar-refractivity contribution in [2.45, 2.75) is 32.8 Å². The van der Waals surface area contributed by atoms with Gasteiger partial charge < -0.3 is 15.4 Å². The third-order valence-electron chi connectivity index (χ3n) is 4.11. The van der Waals surface area contributed by atoms with Gasteiger partial charge in [0.25, 0.3) is 11.8 Å². The van der Waals surface area contributed by atoms with Gasteiger partial charge in [0.15, 0.2) is 6.10 Å². The lowest BCUT2D eigenvalue weighted by Gasteiger charge is -2.15. The lowest BCUT2D eigenvalue weighted by molar-refractivity contribution is -0.127. The quantitative estimate of drug-likeness (QED) is 0.618. The minimum atomic E-state index is -0.647. The highest BCUT2D eigenvalue weighted by Crippen LogP contribution is 2.21. The van der Waals surface area contributed by atoms with Crippen molar-refractivity contribution in [1.82, 2.24) is 10.6 Å². The Bertz CT molecular complexity index is 823. The van der Waals surface area contributed by atoms with Crippen LogP contribution in [0.25, 0.3) is 0 Å².